The average molecular weight is 390 g/mol. The molecule has 0 saturated carbocycles. The van der Waals surface area contributed by atoms with Crippen molar-refractivity contribution in [2.45, 2.75) is 0 Å². The van der Waals surface area contributed by atoms with Crippen molar-refractivity contribution in [1.82, 2.24) is 14.3 Å². The first kappa shape index (κ1) is 18.5. The van der Waals surface area contributed by atoms with Crippen molar-refractivity contribution >= 4 is 11.6 Å². The number of methoxy groups -OCH3 is 1. The van der Waals surface area contributed by atoms with Crippen LogP contribution in [0.5, 0.6) is 5.75 Å². The summed E-state index contributed by atoms with van der Waals surface area (Å²) in [6.45, 7) is 0. The quantitative estimate of drug-likeness (QED) is 0.553. The lowest BCUT2D eigenvalue weighted by Gasteiger charge is -2.09. The molecule has 0 atom stereocenters. The largest absolute Gasteiger partial charge is 0.497 e. The van der Waals surface area contributed by atoms with E-state index in [1.807, 2.05) is 29.9 Å². The van der Waals surface area contributed by atoms with Crippen molar-refractivity contribution in [3.8, 4) is 22.8 Å². The summed E-state index contributed by atoms with van der Waals surface area (Å²) in [5.74, 6) is -0.265. The molecule has 2 heterocycles. The number of carbonyl (C=O) groups is 1. The number of aromatic nitrogens is 3. The number of rotatable bonds is 5. The number of aryl methyl sites for hydroxylation is 1. The summed E-state index contributed by atoms with van der Waals surface area (Å²) in [4.78, 5) is 13.0. The van der Waals surface area contributed by atoms with Gasteiger partial charge in [0.25, 0.3) is 5.91 Å². The molecular formula is C22H19FN4O2. The molecule has 29 heavy (non-hydrogen) atoms. The van der Waals surface area contributed by atoms with Gasteiger partial charge in [0.05, 0.1) is 24.2 Å². The molecule has 146 valence electrons. The number of ether oxygens (including phenoxy) is 1. The second-order valence-electron chi connectivity index (χ2n) is 6.46. The van der Waals surface area contributed by atoms with Crippen molar-refractivity contribution in [3.63, 3.8) is 0 Å². The Kier molecular flexibility index (Phi) is 4.87. The molecule has 0 unspecified atom stereocenters. The monoisotopic (exact) mass is 390 g/mol. The normalized spacial score (nSPS) is 10.7. The Balaban J connectivity index is 1.78. The molecule has 4 aromatic rings. The number of para-hydroxylation sites is 1. The van der Waals surface area contributed by atoms with Crippen LogP contribution in [0.4, 0.5) is 10.1 Å². The lowest BCUT2D eigenvalue weighted by atomic mass is 10.2. The number of nitrogens with one attached hydrogen (secondary N) is 1. The van der Waals surface area contributed by atoms with E-state index in [9.17, 15) is 9.18 Å². The molecule has 0 aliphatic carbocycles. The Morgan fingerprint density at radius 3 is 2.48 bits per heavy atom. The van der Waals surface area contributed by atoms with Crippen LogP contribution >= 0.6 is 0 Å². The molecule has 0 aliphatic rings. The van der Waals surface area contributed by atoms with Crippen molar-refractivity contribution < 1.29 is 13.9 Å². The highest BCUT2D eigenvalue weighted by Gasteiger charge is 2.19. The number of nitrogens with zero attached hydrogens (tertiary/aromatic N) is 3. The van der Waals surface area contributed by atoms with Gasteiger partial charge in [0.15, 0.2) is 0 Å². The second kappa shape index (κ2) is 7.63. The van der Waals surface area contributed by atoms with Crippen LogP contribution in [0, 0.1) is 5.82 Å². The molecule has 0 saturated heterocycles. The Hall–Kier alpha value is -3.87. The third-order valence-electron chi connectivity index (χ3n) is 4.59. The van der Waals surface area contributed by atoms with Crippen molar-refractivity contribution in [1.29, 1.82) is 0 Å². The van der Waals surface area contributed by atoms with Gasteiger partial charge in [-0.15, -0.1) is 0 Å². The van der Waals surface area contributed by atoms with E-state index in [0.29, 0.717) is 17.1 Å². The average Bonchev–Trinajstić information content (AvgIpc) is 3.36. The van der Waals surface area contributed by atoms with Crippen LogP contribution in [-0.2, 0) is 7.05 Å². The first-order valence-corrected chi connectivity index (χ1v) is 8.99. The van der Waals surface area contributed by atoms with Gasteiger partial charge in [0, 0.05) is 13.2 Å². The topological polar surface area (TPSA) is 61.1 Å². The Morgan fingerprint density at radius 2 is 1.83 bits per heavy atom. The number of amides is 1. The SMILES string of the molecule is COc1ccc(-n2nc(-c3cccn3C)cc2C(=O)Nc2ccccc2F)cc1. The molecule has 0 radical (unpaired) electrons. The van der Waals surface area contributed by atoms with Crippen LogP contribution in [0.15, 0.2) is 72.9 Å². The number of anilines is 1. The van der Waals surface area contributed by atoms with Crippen LogP contribution in [0.3, 0.4) is 0 Å². The van der Waals surface area contributed by atoms with Gasteiger partial charge in [0.1, 0.15) is 23.0 Å². The van der Waals surface area contributed by atoms with Gasteiger partial charge in [-0.2, -0.15) is 5.10 Å². The molecular weight excluding hydrogens is 371 g/mol. The molecule has 2 aromatic heterocycles. The predicted molar refractivity (Wildman–Crippen MR) is 109 cm³/mol. The third kappa shape index (κ3) is 3.62. The Morgan fingerprint density at radius 1 is 1.07 bits per heavy atom. The standard InChI is InChI=1S/C22H19FN4O2/c1-26-13-5-8-20(26)19-14-21(22(28)24-18-7-4-3-6-17(18)23)27(25-19)15-9-11-16(29-2)12-10-15/h3-14H,1-2H3,(H,24,28). The summed E-state index contributed by atoms with van der Waals surface area (Å²) in [7, 11) is 3.49. The number of hydrogen-bond donors (Lipinski definition) is 1. The van der Waals surface area contributed by atoms with E-state index in [4.69, 9.17) is 4.74 Å². The van der Waals surface area contributed by atoms with Crippen molar-refractivity contribution in [2.75, 3.05) is 12.4 Å². The molecule has 0 spiro atoms. The van der Waals surface area contributed by atoms with E-state index < -0.39 is 11.7 Å². The van der Waals surface area contributed by atoms with E-state index >= 15 is 0 Å². The lowest BCUT2D eigenvalue weighted by molar-refractivity contribution is 0.101. The van der Waals surface area contributed by atoms with E-state index in [0.717, 1.165) is 5.69 Å². The number of benzene rings is 2. The Bertz CT molecular complexity index is 1160. The smallest absolute Gasteiger partial charge is 0.274 e. The first-order valence-electron chi connectivity index (χ1n) is 8.99. The maximum atomic E-state index is 14.0. The van der Waals surface area contributed by atoms with Gasteiger partial charge in [-0.05, 0) is 54.6 Å². The van der Waals surface area contributed by atoms with E-state index in [-0.39, 0.29) is 11.4 Å². The maximum absolute atomic E-state index is 14.0. The summed E-state index contributed by atoms with van der Waals surface area (Å²) >= 11 is 0. The minimum Gasteiger partial charge on any atom is -0.497 e. The van der Waals surface area contributed by atoms with Gasteiger partial charge >= 0.3 is 0 Å². The first-order chi connectivity index (χ1) is 14.1. The number of carbonyl (C=O) groups excluding carboxylic acids is 1. The van der Waals surface area contributed by atoms with Gasteiger partial charge in [-0.3, -0.25) is 4.79 Å². The van der Waals surface area contributed by atoms with Crippen LogP contribution in [0.1, 0.15) is 10.5 Å². The van der Waals surface area contributed by atoms with Crippen LogP contribution < -0.4 is 10.1 Å². The zero-order chi connectivity index (χ0) is 20.4. The summed E-state index contributed by atoms with van der Waals surface area (Å²) in [5, 5.41) is 7.25. The third-order valence-corrected chi connectivity index (χ3v) is 4.59. The van der Waals surface area contributed by atoms with Crippen LogP contribution in [-0.4, -0.2) is 27.4 Å². The van der Waals surface area contributed by atoms with Crippen molar-refractivity contribution in [3.05, 3.63) is 84.4 Å². The van der Waals surface area contributed by atoms with E-state index in [1.165, 1.54) is 16.8 Å². The maximum Gasteiger partial charge on any atom is 0.274 e. The fourth-order valence-electron chi connectivity index (χ4n) is 3.06. The molecule has 1 amide bonds. The minimum absolute atomic E-state index is 0.111. The second-order valence-corrected chi connectivity index (χ2v) is 6.46. The van der Waals surface area contributed by atoms with Crippen LogP contribution in [0.2, 0.25) is 0 Å². The van der Waals surface area contributed by atoms with Gasteiger partial charge in [0.2, 0.25) is 0 Å². The summed E-state index contributed by atoms with van der Waals surface area (Å²) in [5.41, 5.74) is 2.57. The molecule has 7 heteroatoms. The highest BCUT2D eigenvalue weighted by atomic mass is 19.1. The fraction of sp³-hybridized carbons (Fsp3) is 0.0909. The van der Waals surface area contributed by atoms with E-state index in [1.54, 1.807) is 49.6 Å². The summed E-state index contributed by atoms with van der Waals surface area (Å²) in [6.07, 6.45) is 1.90. The Labute approximate surface area is 167 Å². The fourth-order valence-corrected chi connectivity index (χ4v) is 3.06. The molecule has 1 N–H and O–H groups in total. The van der Waals surface area contributed by atoms with Gasteiger partial charge < -0.3 is 14.6 Å². The van der Waals surface area contributed by atoms with Gasteiger partial charge in [-0.1, -0.05) is 12.1 Å². The van der Waals surface area contributed by atoms with Gasteiger partial charge in [-0.25, -0.2) is 9.07 Å². The molecule has 0 aliphatic heterocycles. The molecule has 6 nitrogen and oxygen atoms in total. The molecule has 0 bridgehead atoms. The lowest BCUT2D eigenvalue weighted by Crippen LogP contribution is -2.17. The molecule has 2 aromatic carbocycles. The zero-order valence-corrected chi connectivity index (χ0v) is 16.0. The highest BCUT2D eigenvalue weighted by molar-refractivity contribution is 6.04. The minimum atomic E-state index is -0.501. The van der Waals surface area contributed by atoms with Crippen LogP contribution in [0.25, 0.3) is 17.1 Å². The number of hydrogen-bond acceptors (Lipinski definition) is 3. The van der Waals surface area contributed by atoms with E-state index in [2.05, 4.69) is 10.4 Å². The van der Waals surface area contributed by atoms with Crippen molar-refractivity contribution in [2.24, 2.45) is 7.05 Å². The number of halogens is 1. The summed E-state index contributed by atoms with van der Waals surface area (Å²) in [6, 6.07) is 18.7. The highest BCUT2D eigenvalue weighted by Crippen LogP contribution is 2.24. The molecule has 4 rings (SSSR count). The summed E-state index contributed by atoms with van der Waals surface area (Å²) < 4.78 is 22.7. The molecule has 0 fully saturated rings. The zero-order valence-electron chi connectivity index (χ0n) is 16.0. The predicted octanol–water partition coefficient (Wildman–Crippen LogP) is 4.28.